The fourth-order valence-corrected chi connectivity index (χ4v) is 3.94. The predicted molar refractivity (Wildman–Crippen MR) is 148 cm³/mol. The first-order valence-electron chi connectivity index (χ1n) is 13.9. The van der Waals surface area contributed by atoms with E-state index in [9.17, 15) is 19.2 Å². The van der Waals surface area contributed by atoms with Crippen LogP contribution >= 0.6 is 0 Å². The maximum Gasteiger partial charge on any atom is 0.326 e. The molecule has 39 heavy (non-hydrogen) atoms. The lowest BCUT2D eigenvalue weighted by atomic mass is 9.86. The number of methoxy groups -OCH3 is 1. The molecule has 1 aromatic carbocycles. The van der Waals surface area contributed by atoms with Gasteiger partial charge in [-0.1, -0.05) is 47.1 Å². The number of hydrogen-bond donors (Lipinski definition) is 1. The second kappa shape index (κ2) is 16.9. The average molecular weight is 550 g/mol. The fraction of sp³-hybridized carbons (Fsp3) is 0.667. The highest BCUT2D eigenvalue weighted by Crippen LogP contribution is 2.32. The average Bonchev–Trinajstić information content (AvgIpc) is 2.85. The first-order chi connectivity index (χ1) is 18.3. The van der Waals surface area contributed by atoms with Crippen molar-refractivity contribution in [3.63, 3.8) is 0 Å². The summed E-state index contributed by atoms with van der Waals surface area (Å²) in [6, 6.07) is 4.72. The Morgan fingerprint density at radius 3 is 1.92 bits per heavy atom. The van der Waals surface area contributed by atoms with E-state index in [4.69, 9.17) is 24.7 Å². The van der Waals surface area contributed by atoms with Crippen LogP contribution in [0.15, 0.2) is 18.2 Å². The highest BCUT2D eigenvalue weighted by atomic mass is 16.6. The molecule has 2 N–H and O–H groups in total. The molecule has 0 saturated heterocycles. The molecule has 1 aromatic rings. The van der Waals surface area contributed by atoms with Gasteiger partial charge in [-0.2, -0.15) is 0 Å². The minimum atomic E-state index is -1.52. The van der Waals surface area contributed by atoms with Crippen LogP contribution in [0.2, 0.25) is 0 Å². The van der Waals surface area contributed by atoms with E-state index in [1.54, 1.807) is 19.1 Å². The van der Waals surface area contributed by atoms with Crippen LogP contribution in [0.4, 0.5) is 0 Å². The molecule has 1 unspecified atom stereocenters. The third-order valence-electron chi connectivity index (χ3n) is 6.14. The first-order valence-corrected chi connectivity index (χ1v) is 13.9. The third-order valence-corrected chi connectivity index (χ3v) is 6.14. The summed E-state index contributed by atoms with van der Waals surface area (Å²) in [5.74, 6) is -1.08. The molecule has 0 spiro atoms. The van der Waals surface area contributed by atoms with Crippen molar-refractivity contribution >= 4 is 23.9 Å². The lowest BCUT2D eigenvalue weighted by Crippen LogP contribution is -2.53. The van der Waals surface area contributed by atoms with Crippen LogP contribution in [0.1, 0.15) is 98.5 Å². The zero-order valence-corrected chi connectivity index (χ0v) is 24.7. The molecule has 0 heterocycles. The molecule has 1 rings (SSSR count). The van der Waals surface area contributed by atoms with Crippen LogP contribution in [0, 0.1) is 11.8 Å². The van der Waals surface area contributed by atoms with Gasteiger partial charge in [-0.3, -0.25) is 19.2 Å². The number of unbranched alkanes of at least 4 members (excludes halogenated alkanes) is 1. The van der Waals surface area contributed by atoms with Crippen molar-refractivity contribution in [2.75, 3.05) is 7.11 Å². The Hall–Kier alpha value is -2.94. The van der Waals surface area contributed by atoms with Crippen molar-refractivity contribution in [2.45, 2.75) is 111 Å². The summed E-state index contributed by atoms with van der Waals surface area (Å²) in [6.07, 6.45) is 3.00. The van der Waals surface area contributed by atoms with E-state index in [0.29, 0.717) is 43.1 Å². The number of nitrogens with two attached hydrogens (primary N) is 1. The van der Waals surface area contributed by atoms with Gasteiger partial charge in [0.25, 0.3) is 0 Å². The van der Waals surface area contributed by atoms with Crippen LogP contribution in [-0.4, -0.2) is 42.6 Å². The minimum Gasteiger partial charge on any atom is -0.468 e. The van der Waals surface area contributed by atoms with Crippen LogP contribution in [0.25, 0.3) is 0 Å². The van der Waals surface area contributed by atoms with Crippen molar-refractivity contribution in [3.05, 3.63) is 23.8 Å². The number of benzene rings is 1. The van der Waals surface area contributed by atoms with Crippen LogP contribution in [0.3, 0.4) is 0 Å². The number of hydrogen-bond acceptors (Lipinski definition) is 9. The molecule has 0 bridgehead atoms. The smallest absolute Gasteiger partial charge is 0.326 e. The summed E-state index contributed by atoms with van der Waals surface area (Å²) in [5.41, 5.74) is 5.56. The normalized spacial score (nSPS) is 13.5. The van der Waals surface area contributed by atoms with E-state index in [-0.39, 0.29) is 43.2 Å². The molecular weight excluding hydrogens is 502 g/mol. The van der Waals surface area contributed by atoms with E-state index in [2.05, 4.69) is 0 Å². The van der Waals surface area contributed by atoms with Crippen molar-refractivity contribution in [1.29, 1.82) is 0 Å². The van der Waals surface area contributed by atoms with Crippen molar-refractivity contribution in [1.82, 2.24) is 0 Å². The zero-order valence-electron chi connectivity index (χ0n) is 24.7. The summed E-state index contributed by atoms with van der Waals surface area (Å²) >= 11 is 0. The molecule has 9 nitrogen and oxygen atoms in total. The largest absolute Gasteiger partial charge is 0.468 e. The van der Waals surface area contributed by atoms with Gasteiger partial charge in [0.2, 0.25) is 0 Å². The topological polar surface area (TPSA) is 131 Å². The SMILES string of the molecule is CCCCC(=O)O[C@@H](C)CC(N)(Cc1ccc(OC(=O)CCC(C)C)c(OC(=O)CCC(C)C)c1)C(=O)OC. The van der Waals surface area contributed by atoms with Gasteiger partial charge in [-0.05, 0) is 55.7 Å². The van der Waals surface area contributed by atoms with Gasteiger partial charge in [-0.25, -0.2) is 0 Å². The van der Waals surface area contributed by atoms with E-state index in [0.717, 1.165) is 6.42 Å². The maximum absolute atomic E-state index is 12.7. The fourth-order valence-electron chi connectivity index (χ4n) is 3.94. The van der Waals surface area contributed by atoms with Gasteiger partial charge in [0.15, 0.2) is 11.5 Å². The second-order valence-electron chi connectivity index (χ2n) is 11.0. The summed E-state index contributed by atoms with van der Waals surface area (Å²) in [7, 11) is 1.24. The lowest BCUT2D eigenvalue weighted by molar-refractivity contribution is -0.155. The van der Waals surface area contributed by atoms with Gasteiger partial charge in [-0.15, -0.1) is 0 Å². The van der Waals surface area contributed by atoms with E-state index < -0.39 is 29.6 Å². The molecule has 0 aromatic heterocycles. The van der Waals surface area contributed by atoms with Gasteiger partial charge in [0.05, 0.1) is 7.11 Å². The summed E-state index contributed by atoms with van der Waals surface area (Å²) < 4.78 is 21.5. The third kappa shape index (κ3) is 13.1. The highest BCUT2D eigenvalue weighted by molar-refractivity contribution is 5.81. The molecule has 0 saturated carbocycles. The Bertz CT molecular complexity index is 958. The Morgan fingerprint density at radius 2 is 1.41 bits per heavy atom. The van der Waals surface area contributed by atoms with E-state index >= 15 is 0 Å². The van der Waals surface area contributed by atoms with Gasteiger partial charge in [0, 0.05) is 32.1 Å². The van der Waals surface area contributed by atoms with Crippen molar-refractivity contribution < 1.29 is 38.1 Å². The Balaban J connectivity index is 3.20. The Labute approximate surface area is 233 Å². The monoisotopic (exact) mass is 549 g/mol. The van der Waals surface area contributed by atoms with Gasteiger partial charge in [0.1, 0.15) is 11.6 Å². The minimum absolute atomic E-state index is 0.00858. The molecule has 0 amide bonds. The number of rotatable bonds is 17. The molecule has 220 valence electrons. The highest BCUT2D eigenvalue weighted by Gasteiger charge is 2.38. The van der Waals surface area contributed by atoms with Crippen molar-refractivity contribution in [2.24, 2.45) is 17.6 Å². The Kier molecular flexibility index (Phi) is 14.8. The molecule has 0 aliphatic rings. The molecular formula is C30H47NO8. The van der Waals surface area contributed by atoms with Gasteiger partial charge >= 0.3 is 23.9 Å². The molecule has 0 fully saturated rings. The zero-order chi connectivity index (χ0) is 29.6. The summed E-state index contributed by atoms with van der Waals surface area (Å²) in [4.78, 5) is 49.8. The summed E-state index contributed by atoms with van der Waals surface area (Å²) in [5, 5.41) is 0. The standard InChI is InChI=1S/C30H47NO8/c1-8-9-10-26(32)37-22(6)18-30(31,29(35)36-7)19-23-13-14-24(38-27(33)15-11-20(2)3)25(17-23)39-28(34)16-12-21(4)5/h13-14,17,20-22H,8-12,15-16,18-19,31H2,1-7H3/t22-,30?/m0/s1. The number of carbonyl (C=O) groups is 4. The molecule has 0 radical (unpaired) electrons. The predicted octanol–water partition coefficient (Wildman–Crippen LogP) is 5.29. The second-order valence-corrected chi connectivity index (χ2v) is 11.0. The van der Waals surface area contributed by atoms with Crippen LogP contribution in [-0.2, 0) is 35.1 Å². The summed E-state index contributed by atoms with van der Waals surface area (Å²) in [6.45, 7) is 11.7. The van der Waals surface area contributed by atoms with Gasteiger partial charge < -0.3 is 24.7 Å². The maximum atomic E-state index is 12.7. The number of carbonyl (C=O) groups excluding carboxylic acids is 4. The van der Waals surface area contributed by atoms with E-state index in [1.165, 1.54) is 13.2 Å². The van der Waals surface area contributed by atoms with E-state index in [1.807, 2.05) is 34.6 Å². The molecule has 0 aliphatic heterocycles. The van der Waals surface area contributed by atoms with Crippen molar-refractivity contribution in [3.8, 4) is 11.5 Å². The lowest BCUT2D eigenvalue weighted by Gasteiger charge is -2.29. The quantitative estimate of drug-likeness (QED) is 0.203. The van der Waals surface area contributed by atoms with Crippen LogP contribution < -0.4 is 15.2 Å². The number of ether oxygens (including phenoxy) is 4. The Morgan fingerprint density at radius 1 is 0.846 bits per heavy atom. The van der Waals surface area contributed by atoms with Crippen LogP contribution in [0.5, 0.6) is 11.5 Å². The number of esters is 4. The molecule has 0 aliphatic carbocycles. The first kappa shape index (κ1) is 34.1. The molecule has 2 atom stereocenters. The molecule has 9 heteroatoms.